The summed E-state index contributed by atoms with van der Waals surface area (Å²) in [4.78, 5) is 16.8. The van der Waals surface area contributed by atoms with E-state index < -0.39 is 5.82 Å². The Kier molecular flexibility index (Phi) is 4.84. The van der Waals surface area contributed by atoms with E-state index in [1.165, 1.54) is 30.0 Å². The summed E-state index contributed by atoms with van der Waals surface area (Å²) in [6.45, 7) is 0. The van der Waals surface area contributed by atoms with Gasteiger partial charge in [-0.2, -0.15) is 0 Å². The maximum atomic E-state index is 13.1. The van der Waals surface area contributed by atoms with E-state index in [2.05, 4.69) is 26.2 Å². The fourth-order valence-electron chi connectivity index (χ4n) is 1.90. The number of benzene rings is 2. The van der Waals surface area contributed by atoms with Gasteiger partial charge in [0.15, 0.2) is 5.17 Å². The predicted molar refractivity (Wildman–Crippen MR) is 96.4 cm³/mol. The molecule has 0 radical (unpaired) electrons. The quantitative estimate of drug-likeness (QED) is 0.696. The van der Waals surface area contributed by atoms with Crippen molar-refractivity contribution in [2.24, 2.45) is 4.99 Å². The molecular formula is C16H9BrClFN2OS. The lowest BCUT2D eigenvalue weighted by Crippen LogP contribution is -2.19. The normalized spacial score (nSPS) is 17.8. The van der Waals surface area contributed by atoms with Crippen molar-refractivity contribution in [3.63, 3.8) is 0 Å². The number of amides is 1. The Labute approximate surface area is 149 Å². The largest absolute Gasteiger partial charge is 0.300 e. The summed E-state index contributed by atoms with van der Waals surface area (Å²) in [6.07, 6.45) is 1.78. The van der Waals surface area contributed by atoms with Gasteiger partial charge < -0.3 is 5.32 Å². The topological polar surface area (TPSA) is 41.5 Å². The fourth-order valence-corrected chi connectivity index (χ4v) is 3.33. The van der Waals surface area contributed by atoms with Gasteiger partial charge in [-0.25, -0.2) is 9.38 Å². The van der Waals surface area contributed by atoms with Crippen molar-refractivity contribution in [1.82, 2.24) is 5.32 Å². The second kappa shape index (κ2) is 6.86. The van der Waals surface area contributed by atoms with Crippen molar-refractivity contribution in [2.45, 2.75) is 0 Å². The zero-order chi connectivity index (χ0) is 16.4. The van der Waals surface area contributed by atoms with Gasteiger partial charge in [0.25, 0.3) is 5.91 Å². The first-order valence-electron chi connectivity index (χ1n) is 6.51. The lowest BCUT2D eigenvalue weighted by atomic mass is 10.2. The highest BCUT2D eigenvalue weighted by molar-refractivity contribution is 9.10. The molecule has 1 fully saturated rings. The van der Waals surface area contributed by atoms with Crippen LogP contribution in [0.5, 0.6) is 0 Å². The van der Waals surface area contributed by atoms with E-state index in [0.717, 1.165) is 10.0 Å². The van der Waals surface area contributed by atoms with Crippen LogP contribution in [0.2, 0.25) is 5.02 Å². The monoisotopic (exact) mass is 410 g/mol. The van der Waals surface area contributed by atoms with Gasteiger partial charge in [0.05, 0.1) is 15.6 Å². The number of amidine groups is 1. The summed E-state index contributed by atoms with van der Waals surface area (Å²) >= 11 is 10.3. The molecule has 1 aliphatic heterocycles. The summed E-state index contributed by atoms with van der Waals surface area (Å²) in [5, 5.41) is 3.10. The first-order chi connectivity index (χ1) is 11.0. The predicted octanol–water partition coefficient (Wildman–Crippen LogP) is 5.13. The number of hydrogen-bond donors (Lipinski definition) is 1. The Bertz CT molecular complexity index is 854. The molecule has 2 aromatic rings. The molecule has 1 amide bonds. The number of halogens is 3. The molecule has 3 rings (SSSR count). The van der Waals surface area contributed by atoms with Crippen LogP contribution in [0.4, 0.5) is 10.1 Å². The van der Waals surface area contributed by atoms with E-state index in [9.17, 15) is 9.18 Å². The fraction of sp³-hybridized carbons (Fsp3) is 0. The van der Waals surface area contributed by atoms with Crippen LogP contribution in [0, 0.1) is 5.82 Å². The number of nitrogens with one attached hydrogen (secondary N) is 1. The van der Waals surface area contributed by atoms with Crippen molar-refractivity contribution < 1.29 is 9.18 Å². The van der Waals surface area contributed by atoms with Gasteiger partial charge in [-0.05, 0) is 53.7 Å². The molecule has 7 heteroatoms. The lowest BCUT2D eigenvalue weighted by molar-refractivity contribution is -0.115. The van der Waals surface area contributed by atoms with Crippen LogP contribution in [-0.4, -0.2) is 11.1 Å². The molecule has 0 aromatic heterocycles. The lowest BCUT2D eigenvalue weighted by Gasteiger charge is -1.98. The van der Waals surface area contributed by atoms with Crippen LogP contribution in [-0.2, 0) is 4.79 Å². The number of hydrogen-bond acceptors (Lipinski definition) is 3. The van der Waals surface area contributed by atoms with Crippen molar-refractivity contribution in [3.05, 3.63) is 68.2 Å². The molecular weight excluding hydrogens is 403 g/mol. The van der Waals surface area contributed by atoms with Crippen LogP contribution < -0.4 is 5.32 Å². The Hall–Kier alpha value is -1.63. The molecule has 1 aliphatic rings. The molecule has 3 nitrogen and oxygen atoms in total. The summed E-state index contributed by atoms with van der Waals surface area (Å²) < 4.78 is 14.1. The average Bonchev–Trinajstić information content (AvgIpc) is 2.83. The smallest absolute Gasteiger partial charge is 0.264 e. The zero-order valence-electron chi connectivity index (χ0n) is 11.5. The van der Waals surface area contributed by atoms with Crippen LogP contribution in [0.15, 0.2) is 56.8 Å². The molecule has 0 bridgehead atoms. The average molecular weight is 412 g/mol. The third kappa shape index (κ3) is 4.02. The standard InChI is InChI=1S/C16H9BrClFN2OS/c17-10-3-1-2-9(6-10)7-14-15(22)21-16(23-14)20-11-4-5-13(19)12(18)8-11/h1-8H,(H,20,21,22). The SMILES string of the molecule is O=C1NC(=Nc2ccc(F)c(Cl)c2)SC1=Cc1cccc(Br)c1. The first-order valence-corrected chi connectivity index (χ1v) is 8.50. The van der Waals surface area contributed by atoms with Crippen molar-refractivity contribution in [2.75, 3.05) is 0 Å². The molecule has 0 atom stereocenters. The van der Waals surface area contributed by atoms with E-state index in [1.807, 2.05) is 24.3 Å². The van der Waals surface area contributed by atoms with Crippen molar-refractivity contribution in [1.29, 1.82) is 0 Å². The number of aliphatic imine (C=N–C) groups is 1. The van der Waals surface area contributed by atoms with Gasteiger partial charge in [-0.15, -0.1) is 0 Å². The first kappa shape index (κ1) is 16.2. The molecule has 0 saturated carbocycles. The number of carbonyl (C=O) groups is 1. The molecule has 1 saturated heterocycles. The van der Waals surface area contributed by atoms with Crippen LogP contribution in [0.3, 0.4) is 0 Å². The second-order valence-electron chi connectivity index (χ2n) is 4.64. The Morgan fingerprint density at radius 2 is 2.09 bits per heavy atom. The summed E-state index contributed by atoms with van der Waals surface area (Å²) in [5.74, 6) is -0.726. The molecule has 23 heavy (non-hydrogen) atoms. The van der Waals surface area contributed by atoms with E-state index in [4.69, 9.17) is 11.6 Å². The number of nitrogens with zero attached hydrogens (tertiary/aromatic N) is 1. The van der Waals surface area contributed by atoms with Crippen molar-refractivity contribution in [3.8, 4) is 0 Å². The highest BCUT2D eigenvalue weighted by Crippen LogP contribution is 2.29. The maximum Gasteiger partial charge on any atom is 0.264 e. The van der Waals surface area contributed by atoms with Gasteiger partial charge in [-0.3, -0.25) is 4.79 Å². The summed E-state index contributed by atoms with van der Waals surface area (Å²) in [5.41, 5.74) is 1.38. The number of carbonyl (C=O) groups excluding carboxylic acids is 1. The molecule has 0 spiro atoms. The van der Waals surface area contributed by atoms with Gasteiger partial charge in [0.2, 0.25) is 0 Å². The van der Waals surface area contributed by atoms with Crippen LogP contribution in [0.25, 0.3) is 6.08 Å². The zero-order valence-corrected chi connectivity index (χ0v) is 14.7. The van der Waals surface area contributed by atoms with Crippen LogP contribution >= 0.6 is 39.3 Å². The Morgan fingerprint density at radius 3 is 2.83 bits per heavy atom. The molecule has 116 valence electrons. The minimum absolute atomic E-state index is 0.00826. The van der Waals surface area contributed by atoms with Gasteiger partial charge in [0, 0.05) is 4.47 Å². The molecule has 1 heterocycles. The van der Waals surface area contributed by atoms with E-state index in [0.29, 0.717) is 15.8 Å². The molecule has 0 aliphatic carbocycles. The summed E-state index contributed by atoms with van der Waals surface area (Å²) in [7, 11) is 0. The third-order valence-corrected chi connectivity index (χ3v) is 4.62. The summed E-state index contributed by atoms with van der Waals surface area (Å²) in [6, 6.07) is 11.8. The van der Waals surface area contributed by atoms with Crippen LogP contribution in [0.1, 0.15) is 5.56 Å². The minimum atomic E-state index is -0.506. The maximum absolute atomic E-state index is 13.1. The van der Waals surface area contributed by atoms with Crippen molar-refractivity contribution >= 4 is 62.1 Å². The number of rotatable bonds is 2. The van der Waals surface area contributed by atoms with E-state index in [1.54, 1.807) is 6.08 Å². The Balaban J connectivity index is 1.84. The third-order valence-electron chi connectivity index (χ3n) is 2.93. The van der Waals surface area contributed by atoms with E-state index >= 15 is 0 Å². The second-order valence-corrected chi connectivity index (χ2v) is 6.99. The highest BCUT2D eigenvalue weighted by atomic mass is 79.9. The molecule has 2 aromatic carbocycles. The molecule has 0 unspecified atom stereocenters. The van der Waals surface area contributed by atoms with Gasteiger partial charge >= 0.3 is 0 Å². The van der Waals surface area contributed by atoms with E-state index in [-0.39, 0.29) is 10.9 Å². The van der Waals surface area contributed by atoms with Gasteiger partial charge in [-0.1, -0.05) is 39.7 Å². The Morgan fingerprint density at radius 1 is 1.26 bits per heavy atom. The molecule has 1 N–H and O–H groups in total. The number of thioether (sulfide) groups is 1. The highest BCUT2D eigenvalue weighted by Gasteiger charge is 2.23. The van der Waals surface area contributed by atoms with Gasteiger partial charge in [0.1, 0.15) is 5.82 Å². The minimum Gasteiger partial charge on any atom is -0.300 e.